The predicted octanol–water partition coefficient (Wildman–Crippen LogP) is 1.04. The average Bonchev–Trinajstić information content (AvgIpc) is 2.71. The van der Waals surface area contributed by atoms with Crippen molar-refractivity contribution >= 4 is 11.0 Å². The van der Waals surface area contributed by atoms with Crippen molar-refractivity contribution in [3.05, 3.63) is 64.1 Å². The van der Waals surface area contributed by atoms with Gasteiger partial charge in [-0.1, -0.05) is 24.3 Å². The first kappa shape index (κ1) is 10.6. The van der Waals surface area contributed by atoms with Gasteiger partial charge in [-0.25, -0.2) is 4.57 Å². The number of aryl methyl sites for hydroxylation is 1. The smallest absolute Gasteiger partial charge is 0.265 e. The molecular weight excluding hydrogens is 238 g/mol. The normalized spacial score (nSPS) is 13.3. The molecule has 0 amide bonds. The molecule has 1 aliphatic heterocycles. The van der Waals surface area contributed by atoms with Crippen molar-refractivity contribution in [1.82, 2.24) is 9.36 Å². The second kappa shape index (κ2) is 3.57. The maximum Gasteiger partial charge on any atom is 0.313 e. The first-order chi connectivity index (χ1) is 9.25. The molecule has 0 fully saturated rings. The molecule has 0 bridgehead atoms. The minimum Gasteiger partial charge on any atom is -0.265 e. The summed E-state index contributed by atoms with van der Waals surface area (Å²) < 4.78 is 5.94. The summed E-state index contributed by atoms with van der Waals surface area (Å²) in [5.74, 6) is 0. The van der Waals surface area contributed by atoms with Crippen molar-refractivity contribution in [2.45, 2.75) is 13.1 Å². The third kappa shape index (κ3) is 1.34. The monoisotopic (exact) mass is 252 g/mol. The lowest BCUT2D eigenvalue weighted by Gasteiger charge is -2.16. The van der Waals surface area contributed by atoms with Crippen molar-refractivity contribution in [3.8, 4) is 0 Å². The Hall–Kier alpha value is -2.36. The van der Waals surface area contributed by atoms with E-state index in [0.717, 1.165) is 17.6 Å². The van der Waals surface area contributed by atoms with Crippen LogP contribution in [0.15, 0.2) is 47.4 Å². The molecule has 0 atom stereocenters. The van der Waals surface area contributed by atoms with Gasteiger partial charge in [-0.05, 0) is 17.7 Å². The van der Waals surface area contributed by atoms with Crippen molar-refractivity contribution in [3.63, 3.8) is 0 Å². The van der Waals surface area contributed by atoms with Gasteiger partial charge >= 0.3 is 5.65 Å². The molecule has 19 heavy (non-hydrogen) atoms. The highest BCUT2D eigenvalue weighted by Gasteiger charge is 2.26. The van der Waals surface area contributed by atoms with Gasteiger partial charge in [0.1, 0.15) is 11.9 Å². The van der Waals surface area contributed by atoms with Crippen LogP contribution in [0.5, 0.6) is 0 Å². The predicted molar refractivity (Wildman–Crippen MR) is 72.0 cm³/mol. The van der Waals surface area contributed by atoms with E-state index in [4.69, 9.17) is 0 Å². The van der Waals surface area contributed by atoms with Crippen molar-refractivity contribution in [1.29, 1.82) is 0 Å². The van der Waals surface area contributed by atoms with E-state index in [1.165, 1.54) is 11.1 Å². The number of benzene rings is 1. The second-order valence-electron chi connectivity index (χ2n) is 5.05. The Balaban J connectivity index is 2.08. The fourth-order valence-corrected chi connectivity index (χ4v) is 2.96. The number of rotatable bonds is 0. The van der Waals surface area contributed by atoms with Crippen LogP contribution in [0, 0.1) is 0 Å². The highest BCUT2D eigenvalue weighted by atomic mass is 16.1. The van der Waals surface area contributed by atoms with Gasteiger partial charge in [0.05, 0.1) is 19.8 Å². The Morgan fingerprint density at radius 1 is 1.00 bits per heavy atom. The van der Waals surface area contributed by atoms with E-state index in [-0.39, 0.29) is 5.56 Å². The topological polar surface area (TPSA) is 30.8 Å². The van der Waals surface area contributed by atoms with Crippen molar-refractivity contribution in [2.24, 2.45) is 7.05 Å². The lowest BCUT2D eigenvalue weighted by molar-refractivity contribution is -0.648. The third-order valence-corrected chi connectivity index (χ3v) is 3.91. The number of aromatic nitrogens is 3. The highest BCUT2D eigenvalue weighted by Crippen LogP contribution is 2.19. The molecule has 0 radical (unpaired) electrons. The molecule has 0 unspecified atom stereocenters. The van der Waals surface area contributed by atoms with Gasteiger partial charge in [0.2, 0.25) is 0 Å². The average molecular weight is 252 g/mol. The molecule has 94 valence electrons. The Morgan fingerprint density at radius 2 is 1.68 bits per heavy atom. The van der Waals surface area contributed by atoms with Crippen LogP contribution in [0.1, 0.15) is 11.1 Å². The largest absolute Gasteiger partial charge is 0.313 e. The lowest BCUT2D eigenvalue weighted by atomic mass is 10.1. The molecular formula is C15H14N3O+. The summed E-state index contributed by atoms with van der Waals surface area (Å²) in [6.07, 6.45) is 1.98. The minimum atomic E-state index is 0.0979. The fraction of sp³-hybridized carbons (Fsp3) is 0.200. The molecule has 3 aromatic rings. The van der Waals surface area contributed by atoms with Crippen LogP contribution in [0.3, 0.4) is 0 Å². The molecule has 0 aliphatic carbocycles. The molecule has 1 aromatic carbocycles. The second-order valence-corrected chi connectivity index (χ2v) is 5.05. The Labute approximate surface area is 110 Å². The van der Waals surface area contributed by atoms with Crippen LogP contribution < -0.4 is 10.1 Å². The van der Waals surface area contributed by atoms with E-state index in [1.807, 2.05) is 40.7 Å². The van der Waals surface area contributed by atoms with E-state index < -0.39 is 0 Å². The third-order valence-electron chi connectivity index (χ3n) is 3.91. The van der Waals surface area contributed by atoms with Gasteiger partial charge in [0.15, 0.2) is 0 Å². The van der Waals surface area contributed by atoms with Crippen LogP contribution in [-0.2, 0) is 20.1 Å². The maximum atomic E-state index is 12.5. The van der Waals surface area contributed by atoms with Crippen LogP contribution in [-0.4, -0.2) is 9.36 Å². The summed E-state index contributed by atoms with van der Waals surface area (Å²) in [6, 6.07) is 12.1. The number of pyridine rings is 1. The lowest BCUT2D eigenvalue weighted by Crippen LogP contribution is -2.34. The SMILES string of the molecule is C[n+]1cccc2c(=O)n3n(c21)Cc1ccccc1C3. The van der Waals surface area contributed by atoms with Gasteiger partial charge < -0.3 is 0 Å². The number of nitrogens with zero attached hydrogens (tertiary/aromatic N) is 3. The summed E-state index contributed by atoms with van der Waals surface area (Å²) in [7, 11) is 1.98. The van der Waals surface area contributed by atoms with Crippen molar-refractivity contribution in [2.75, 3.05) is 0 Å². The molecule has 0 N–H and O–H groups in total. The van der Waals surface area contributed by atoms with E-state index in [0.29, 0.717) is 6.54 Å². The summed E-state index contributed by atoms with van der Waals surface area (Å²) in [5, 5.41) is 0.790. The molecule has 2 aromatic heterocycles. The molecule has 4 rings (SSSR count). The molecule has 0 saturated carbocycles. The standard InChI is InChI=1S/C15H14N3O/c1-16-8-4-7-13-14(16)17-9-11-5-2-3-6-12(11)10-18(17)15(13)19/h2-8H,9-10H2,1H3/q+1. The Bertz CT molecular complexity index is 857. The summed E-state index contributed by atoms with van der Waals surface area (Å²) >= 11 is 0. The van der Waals surface area contributed by atoms with E-state index in [2.05, 4.69) is 22.9 Å². The highest BCUT2D eigenvalue weighted by molar-refractivity contribution is 5.71. The molecule has 4 heteroatoms. The van der Waals surface area contributed by atoms with Gasteiger partial charge in [-0.2, -0.15) is 4.68 Å². The maximum absolute atomic E-state index is 12.5. The molecule has 4 nitrogen and oxygen atoms in total. The number of fused-ring (bicyclic) bond motifs is 4. The first-order valence-electron chi connectivity index (χ1n) is 6.40. The van der Waals surface area contributed by atoms with E-state index in [9.17, 15) is 4.79 Å². The zero-order valence-electron chi connectivity index (χ0n) is 10.7. The van der Waals surface area contributed by atoms with Gasteiger partial charge in [0.25, 0.3) is 5.56 Å². The molecule has 3 heterocycles. The minimum absolute atomic E-state index is 0.0979. The van der Waals surface area contributed by atoms with Gasteiger partial charge in [-0.15, -0.1) is 4.68 Å². The molecule has 0 spiro atoms. The number of hydrogen-bond acceptors (Lipinski definition) is 1. The number of hydrogen-bond donors (Lipinski definition) is 0. The van der Waals surface area contributed by atoms with Gasteiger partial charge in [-0.3, -0.25) is 4.79 Å². The Morgan fingerprint density at radius 3 is 2.42 bits per heavy atom. The van der Waals surface area contributed by atoms with Gasteiger partial charge in [0, 0.05) is 5.56 Å². The van der Waals surface area contributed by atoms with Crippen LogP contribution in [0.25, 0.3) is 11.0 Å². The van der Waals surface area contributed by atoms with Crippen molar-refractivity contribution < 1.29 is 4.57 Å². The van der Waals surface area contributed by atoms with E-state index >= 15 is 0 Å². The Kier molecular flexibility index (Phi) is 1.98. The van der Waals surface area contributed by atoms with Crippen LogP contribution in [0.2, 0.25) is 0 Å². The zero-order chi connectivity index (χ0) is 13.0. The van der Waals surface area contributed by atoms with Crippen LogP contribution >= 0.6 is 0 Å². The summed E-state index contributed by atoms with van der Waals surface area (Å²) in [6.45, 7) is 1.41. The van der Waals surface area contributed by atoms with E-state index in [1.54, 1.807) is 0 Å². The molecule has 1 aliphatic rings. The molecule has 0 saturated heterocycles. The van der Waals surface area contributed by atoms with Crippen LogP contribution in [0.4, 0.5) is 0 Å². The summed E-state index contributed by atoms with van der Waals surface area (Å²) in [4.78, 5) is 12.5. The summed E-state index contributed by atoms with van der Waals surface area (Å²) in [5.41, 5.74) is 3.62. The zero-order valence-corrected chi connectivity index (χ0v) is 10.7. The quantitative estimate of drug-likeness (QED) is 0.430. The first-order valence-corrected chi connectivity index (χ1v) is 6.40. The fourth-order valence-electron chi connectivity index (χ4n) is 2.96.